The van der Waals surface area contributed by atoms with Crippen molar-refractivity contribution in [2.75, 3.05) is 27.9 Å². The maximum absolute atomic E-state index is 12.9. The molecule has 0 atom stereocenters. The van der Waals surface area contributed by atoms with Crippen LogP contribution in [0.2, 0.25) is 0 Å². The lowest BCUT2D eigenvalue weighted by molar-refractivity contribution is -0.155. The Hall–Kier alpha value is -3.56. The second kappa shape index (κ2) is 9.77. The van der Waals surface area contributed by atoms with Crippen molar-refractivity contribution >= 4 is 23.8 Å². The van der Waals surface area contributed by atoms with E-state index in [9.17, 15) is 19.2 Å². The summed E-state index contributed by atoms with van der Waals surface area (Å²) in [5.41, 5.74) is 0.472. The van der Waals surface area contributed by atoms with Crippen LogP contribution in [-0.4, -0.2) is 56.6 Å². The Labute approximate surface area is 173 Å². The largest absolute Gasteiger partial charge is 0.467 e. The second-order valence-electron chi connectivity index (χ2n) is 6.56. The Morgan fingerprint density at radius 3 is 2.10 bits per heavy atom. The Bertz CT molecular complexity index is 860. The summed E-state index contributed by atoms with van der Waals surface area (Å²) in [6.45, 7) is 2.73. The Kier molecular flexibility index (Phi) is 7.40. The molecule has 1 aliphatic rings. The molecule has 1 aliphatic heterocycles. The summed E-state index contributed by atoms with van der Waals surface area (Å²) in [5, 5.41) is 2.87. The molecule has 0 radical (unpaired) electrons. The molecule has 1 aromatic heterocycles. The first-order valence-electron chi connectivity index (χ1n) is 8.99. The summed E-state index contributed by atoms with van der Waals surface area (Å²) in [7, 11) is 3.83. The summed E-state index contributed by atoms with van der Waals surface area (Å²) >= 11 is 0. The molecular weight excluding hydrogens is 396 g/mol. The first-order valence-corrected chi connectivity index (χ1v) is 8.99. The molecule has 1 aromatic rings. The highest BCUT2D eigenvalue weighted by atomic mass is 16.5. The molecule has 10 heteroatoms. The molecule has 0 unspecified atom stereocenters. The number of carbonyl (C=O) groups is 4. The van der Waals surface area contributed by atoms with E-state index in [0.717, 1.165) is 14.2 Å². The number of likely N-dealkylation sites (N-methyl/N-ethyl adjacent to an activating group) is 1. The van der Waals surface area contributed by atoms with Crippen LogP contribution in [-0.2, 0) is 39.9 Å². The van der Waals surface area contributed by atoms with Gasteiger partial charge >= 0.3 is 17.9 Å². The number of hydrogen-bond acceptors (Lipinski definition) is 9. The lowest BCUT2D eigenvalue weighted by Gasteiger charge is -2.28. The Morgan fingerprint density at radius 2 is 1.63 bits per heavy atom. The van der Waals surface area contributed by atoms with Gasteiger partial charge in [0.1, 0.15) is 11.7 Å². The minimum Gasteiger partial charge on any atom is -0.467 e. The van der Waals surface area contributed by atoms with Crippen LogP contribution in [0.3, 0.4) is 0 Å². The number of hydrogen-bond donors (Lipinski definition) is 1. The predicted octanol–water partition coefficient (Wildman–Crippen LogP) is 0.895. The van der Waals surface area contributed by atoms with Crippen LogP contribution in [0.25, 0.3) is 0 Å². The normalized spacial score (nSPS) is 14.2. The van der Waals surface area contributed by atoms with E-state index in [-0.39, 0.29) is 17.7 Å². The molecule has 30 heavy (non-hydrogen) atoms. The molecule has 0 aliphatic carbocycles. The van der Waals surface area contributed by atoms with E-state index >= 15 is 0 Å². The van der Waals surface area contributed by atoms with Gasteiger partial charge in [-0.3, -0.25) is 9.59 Å². The van der Waals surface area contributed by atoms with Gasteiger partial charge in [0.15, 0.2) is 6.61 Å². The monoisotopic (exact) mass is 420 g/mol. The van der Waals surface area contributed by atoms with Crippen LogP contribution in [0, 0.1) is 5.92 Å². The van der Waals surface area contributed by atoms with Crippen LogP contribution in [0.4, 0.5) is 0 Å². The number of amides is 1. The second-order valence-corrected chi connectivity index (χ2v) is 6.56. The number of esters is 3. The zero-order valence-corrected chi connectivity index (χ0v) is 17.4. The van der Waals surface area contributed by atoms with Gasteiger partial charge in [0, 0.05) is 18.4 Å². The van der Waals surface area contributed by atoms with Crippen molar-refractivity contribution < 1.29 is 37.8 Å². The van der Waals surface area contributed by atoms with Crippen molar-refractivity contribution in [3.05, 3.63) is 46.7 Å². The third kappa shape index (κ3) is 4.88. The molecule has 0 aromatic carbocycles. The number of methoxy groups -OCH3 is 2. The van der Waals surface area contributed by atoms with E-state index in [1.165, 1.54) is 18.2 Å². The van der Waals surface area contributed by atoms with E-state index in [2.05, 4.69) is 5.32 Å². The molecule has 2 rings (SSSR count). The fraction of sp³-hybridized carbons (Fsp3) is 0.400. The van der Waals surface area contributed by atoms with Crippen LogP contribution in [0.15, 0.2) is 45.4 Å². The average Bonchev–Trinajstić information content (AvgIpc) is 3.22. The van der Waals surface area contributed by atoms with Gasteiger partial charge in [-0.15, -0.1) is 0 Å². The number of rotatable bonds is 7. The van der Waals surface area contributed by atoms with E-state index in [1.54, 1.807) is 26.0 Å². The average molecular weight is 420 g/mol. The third-order valence-electron chi connectivity index (χ3n) is 4.54. The topological polar surface area (TPSA) is 124 Å². The van der Waals surface area contributed by atoms with Gasteiger partial charge in [0.05, 0.1) is 38.2 Å². The van der Waals surface area contributed by atoms with Crippen molar-refractivity contribution in [1.29, 1.82) is 0 Å². The highest BCUT2D eigenvalue weighted by Gasteiger charge is 2.42. The summed E-state index contributed by atoms with van der Waals surface area (Å²) in [5.74, 6) is -3.89. The quantitative estimate of drug-likeness (QED) is 0.506. The predicted molar refractivity (Wildman–Crippen MR) is 102 cm³/mol. The zero-order valence-electron chi connectivity index (χ0n) is 17.4. The van der Waals surface area contributed by atoms with Gasteiger partial charge in [0.25, 0.3) is 5.91 Å². The summed E-state index contributed by atoms with van der Waals surface area (Å²) < 4.78 is 19.8. The SMILES string of the molecule is COC(=O)C1=C(C)NC(C)=C(C(=O)OC)C1C(=O)OCC(=O)N(C)Cc1ccco1. The molecule has 1 amide bonds. The summed E-state index contributed by atoms with van der Waals surface area (Å²) in [6.07, 6.45) is 1.48. The lowest BCUT2D eigenvalue weighted by Crippen LogP contribution is -2.39. The number of dihydropyridines is 1. The van der Waals surface area contributed by atoms with Crippen LogP contribution in [0.1, 0.15) is 19.6 Å². The van der Waals surface area contributed by atoms with Crippen molar-refractivity contribution in [2.45, 2.75) is 20.4 Å². The van der Waals surface area contributed by atoms with Gasteiger partial charge < -0.3 is 28.8 Å². The van der Waals surface area contributed by atoms with Gasteiger partial charge in [0.2, 0.25) is 0 Å². The number of furan rings is 1. The van der Waals surface area contributed by atoms with Crippen LogP contribution < -0.4 is 5.32 Å². The van der Waals surface area contributed by atoms with Crippen molar-refractivity contribution in [1.82, 2.24) is 10.2 Å². The number of nitrogens with zero attached hydrogens (tertiary/aromatic N) is 1. The highest BCUT2D eigenvalue weighted by molar-refractivity contribution is 6.05. The van der Waals surface area contributed by atoms with Gasteiger partial charge in [-0.1, -0.05) is 0 Å². The number of carbonyl (C=O) groups excluding carboxylic acids is 4. The highest BCUT2D eigenvalue weighted by Crippen LogP contribution is 2.32. The van der Waals surface area contributed by atoms with Crippen LogP contribution >= 0.6 is 0 Å². The van der Waals surface area contributed by atoms with E-state index in [1.807, 2.05) is 0 Å². The first kappa shape index (κ1) is 22.7. The lowest BCUT2D eigenvalue weighted by atomic mass is 9.85. The molecule has 0 saturated carbocycles. The van der Waals surface area contributed by atoms with Gasteiger partial charge in [-0.05, 0) is 26.0 Å². The summed E-state index contributed by atoms with van der Waals surface area (Å²) in [4.78, 5) is 51.1. The number of allylic oxidation sites excluding steroid dienone is 2. The molecule has 1 N–H and O–H groups in total. The molecule has 0 saturated heterocycles. The zero-order chi connectivity index (χ0) is 22.4. The smallest absolute Gasteiger partial charge is 0.336 e. The molecule has 0 bridgehead atoms. The van der Waals surface area contributed by atoms with Gasteiger partial charge in [-0.2, -0.15) is 0 Å². The molecule has 10 nitrogen and oxygen atoms in total. The van der Waals surface area contributed by atoms with E-state index in [4.69, 9.17) is 18.6 Å². The minimum atomic E-state index is -1.39. The maximum Gasteiger partial charge on any atom is 0.336 e. The molecule has 0 fully saturated rings. The standard InChI is InChI=1S/C20H24N2O8/c1-11-15(18(24)27-4)17(16(12(2)21-11)19(25)28-5)20(26)30-10-14(23)22(3)9-13-7-6-8-29-13/h6-8,17,21H,9-10H2,1-5H3. The van der Waals surface area contributed by atoms with Crippen molar-refractivity contribution in [2.24, 2.45) is 5.92 Å². The molecule has 0 spiro atoms. The maximum atomic E-state index is 12.9. The summed E-state index contributed by atoms with van der Waals surface area (Å²) in [6, 6.07) is 3.40. The minimum absolute atomic E-state index is 0.0927. The number of ether oxygens (including phenoxy) is 3. The molecular formula is C20H24N2O8. The third-order valence-corrected chi connectivity index (χ3v) is 4.54. The van der Waals surface area contributed by atoms with E-state index < -0.39 is 36.3 Å². The fourth-order valence-electron chi connectivity index (χ4n) is 3.04. The molecule has 2 heterocycles. The Balaban J connectivity index is 2.21. The first-order chi connectivity index (χ1) is 14.2. The van der Waals surface area contributed by atoms with Gasteiger partial charge in [-0.25, -0.2) is 9.59 Å². The fourth-order valence-corrected chi connectivity index (χ4v) is 3.04. The van der Waals surface area contributed by atoms with E-state index in [0.29, 0.717) is 17.2 Å². The van der Waals surface area contributed by atoms with Crippen molar-refractivity contribution in [3.63, 3.8) is 0 Å². The van der Waals surface area contributed by atoms with Crippen molar-refractivity contribution in [3.8, 4) is 0 Å². The van der Waals surface area contributed by atoms with Crippen LogP contribution in [0.5, 0.6) is 0 Å². The Morgan fingerprint density at radius 1 is 1.07 bits per heavy atom. The number of nitrogens with one attached hydrogen (secondary N) is 1. The molecule has 162 valence electrons.